The van der Waals surface area contributed by atoms with E-state index in [2.05, 4.69) is 25.2 Å². The van der Waals surface area contributed by atoms with Crippen molar-refractivity contribution < 1.29 is 9.59 Å². The molecule has 2 aromatic carbocycles. The van der Waals surface area contributed by atoms with Gasteiger partial charge in [0.15, 0.2) is 0 Å². The van der Waals surface area contributed by atoms with Crippen LogP contribution in [0, 0.1) is 12.8 Å². The molecule has 2 aromatic rings. The highest BCUT2D eigenvalue weighted by Gasteiger charge is 2.36. The van der Waals surface area contributed by atoms with Crippen LogP contribution in [-0.2, 0) is 16.1 Å². The Morgan fingerprint density at radius 2 is 1.89 bits per heavy atom. The van der Waals surface area contributed by atoms with Gasteiger partial charge in [-0.2, -0.15) is 0 Å². The van der Waals surface area contributed by atoms with Crippen LogP contribution in [0.3, 0.4) is 0 Å². The van der Waals surface area contributed by atoms with Gasteiger partial charge in [-0.25, -0.2) is 0 Å². The highest BCUT2D eigenvalue weighted by molar-refractivity contribution is 6.00. The molecule has 2 amide bonds. The standard InChI is InChI=1S/C23H28N2O2/c1-4-17(3)20-7-5-6-8-21(20)25-15-19(13-22(25)26)23(27)24-14-18-11-9-16(2)10-12-18/h5-12,17,19H,4,13-15H2,1-3H3,(H,24,27)/t17-,19+/m0/s1. The Balaban J connectivity index is 1.67. The first-order valence-electron chi connectivity index (χ1n) is 9.72. The number of hydrogen-bond acceptors (Lipinski definition) is 2. The first-order chi connectivity index (χ1) is 13.0. The van der Waals surface area contributed by atoms with E-state index < -0.39 is 0 Å². The van der Waals surface area contributed by atoms with Crippen molar-refractivity contribution in [2.45, 2.75) is 46.1 Å². The largest absolute Gasteiger partial charge is 0.352 e. The summed E-state index contributed by atoms with van der Waals surface area (Å²) in [5.74, 6) is 0.0602. The van der Waals surface area contributed by atoms with E-state index in [4.69, 9.17) is 0 Å². The molecule has 0 aromatic heterocycles. The molecule has 1 fully saturated rings. The van der Waals surface area contributed by atoms with Crippen molar-refractivity contribution in [3.05, 3.63) is 65.2 Å². The summed E-state index contributed by atoms with van der Waals surface area (Å²) in [6.45, 7) is 7.30. The molecule has 2 atom stereocenters. The van der Waals surface area contributed by atoms with Crippen LogP contribution in [0.2, 0.25) is 0 Å². The maximum absolute atomic E-state index is 12.6. The van der Waals surface area contributed by atoms with Crippen LogP contribution in [0.4, 0.5) is 5.69 Å². The number of aryl methyl sites for hydroxylation is 1. The van der Waals surface area contributed by atoms with Crippen molar-refractivity contribution in [1.82, 2.24) is 5.32 Å². The normalized spacial score (nSPS) is 17.8. The zero-order valence-electron chi connectivity index (χ0n) is 16.4. The Morgan fingerprint density at radius 3 is 2.59 bits per heavy atom. The molecule has 4 nitrogen and oxygen atoms in total. The van der Waals surface area contributed by atoms with E-state index >= 15 is 0 Å². The second-order valence-electron chi connectivity index (χ2n) is 7.48. The van der Waals surface area contributed by atoms with E-state index in [0.29, 0.717) is 19.0 Å². The van der Waals surface area contributed by atoms with E-state index in [1.807, 2.05) is 49.4 Å². The highest BCUT2D eigenvalue weighted by atomic mass is 16.2. The molecule has 0 radical (unpaired) electrons. The van der Waals surface area contributed by atoms with Gasteiger partial charge in [0, 0.05) is 25.2 Å². The topological polar surface area (TPSA) is 49.4 Å². The van der Waals surface area contributed by atoms with E-state index in [1.54, 1.807) is 4.90 Å². The number of rotatable bonds is 6. The molecule has 0 spiro atoms. The van der Waals surface area contributed by atoms with Crippen molar-refractivity contribution in [3.63, 3.8) is 0 Å². The second kappa shape index (κ2) is 8.38. The lowest BCUT2D eigenvalue weighted by molar-refractivity contribution is -0.126. The molecule has 142 valence electrons. The number of para-hydroxylation sites is 1. The second-order valence-corrected chi connectivity index (χ2v) is 7.48. The lowest BCUT2D eigenvalue weighted by Crippen LogP contribution is -2.32. The molecule has 1 aliphatic heterocycles. The maximum Gasteiger partial charge on any atom is 0.227 e. The van der Waals surface area contributed by atoms with Crippen LogP contribution in [0.5, 0.6) is 0 Å². The summed E-state index contributed by atoms with van der Waals surface area (Å²) < 4.78 is 0. The monoisotopic (exact) mass is 364 g/mol. The molecule has 0 aliphatic carbocycles. The quantitative estimate of drug-likeness (QED) is 0.836. The summed E-state index contributed by atoms with van der Waals surface area (Å²) in [5.41, 5.74) is 4.39. The van der Waals surface area contributed by atoms with Crippen LogP contribution >= 0.6 is 0 Å². The van der Waals surface area contributed by atoms with Gasteiger partial charge in [-0.1, -0.05) is 61.9 Å². The number of carbonyl (C=O) groups excluding carboxylic acids is 2. The lowest BCUT2D eigenvalue weighted by Gasteiger charge is -2.23. The fourth-order valence-electron chi connectivity index (χ4n) is 3.53. The number of hydrogen-bond donors (Lipinski definition) is 1. The Kier molecular flexibility index (Phi) is 5.94. The third kappa shape index (κ3) is 4.38. The molecule has 0 unspecified atom stereocenters. The molecule has 0 saturated carbocycles. The molecule has 3 rings (SSSR count). The van der Waals surface area contributed by atoms with Crippen molar-refractivity contribution >= 4 is 17.5 Å². The van der Waals surface area contributed by atoms with Gasteiger partial charge >= 0.3 is 0 Å². The predicted molar refractivity (Wildman–Crippen MR) is 109 cm³/mol. The smallest absolute Gasteiger partial charge is 0.227 e. The number of nitrogens with one attached hydrogen (secondary N) is 1. The average Bonchev–Trinajstić information content (AvgIpc) is 3.08. The fraction of sp³-hybridized carbons (Fsp3) is 0.391. The minimum absolute atomic E-state index is 0.0289. The molecule has 1 saturated heterocycles. The molecule has 27 heavy (non-hydrogen) atoms. The number of amides is 2. The zero-order chi connectivity index (χ0) is 19.4. The molecule has 1 heterocycles. The van der Waals surface area contributed by atoms with Crippen LogP contribution < -0.4 is 10.2 Å². The van der Waals surface area contributed by atoms with Gasteiger partial charge in [0.05, 0.1) is 5.92 Å². The van der Waals surface area contributed by atoms with Crippen molar-refractivity contribution in [2.24, 2.45) is 5.92 Å². The summed E-state index contributed by atoms with van der Waals surface area (Å²) in [5, 5.41) is 2.98. The first kappa shape index (κ1) is 19.2. The third-order valence-electron chi connectivity index (χ3n) is 5.45. The van der Waals surface area contributed by atoms with Gasteiger partial charge < -0.3 is 10.2 Å². The molecular formula is C23H28N2O2. The van der Waals surface area contributed by atoms with Gasteiger partial charge in [0.2, 0.25) is 11.8 Å². The number of benzene rings is 2. The summed E-state index contributed by atoms with van der Waals surface area (Å²) in [6, 6.07) is 16.2. The zero-order valence-corrected chi connectivity index (χ0v) is 16.4. The predicted octanol–water partition coefficient (Wildman–Crippen LogP) is 4.18. The molecule has 1 N–H and O–H groups in total. The summed E-state index contributed by atoms with van der Waals surface area (Å²) in [4.78, 5) is 27.0. The van der Waals surface area contributed by atoms with Crippen LogP contribution in [-0.4, -0.2) is 18.4 Å². The van der Waals surface area contributed by atoms with Crippen LogP contribution in [0.25, 0.3) is 0 Å². The number of anilines is 1. The SMILES string of the molecule is CC[C@H](C)c1ccccc1N1C[C@H](C(=O)NCc2ccc(C)cc2)CC1=O. The lowest BCUT2D eigenvalue weighted by atomic mass is 9.96. The van der Waals surface area contributed by atoms with Gasteiger partial charge in [-0.15, -0.1) is 0 Å². The Bertz CT molecular complexity index is 813. The van der Waals surface area contributed by atoms with Crippen LogP contribution in [0.1, 0.15) is 49.3 Å². The Morgan fingerprint density at radius 1 is 1.19 bits per heavy atom. The van der Waals surface area contributed by atoms with Gasteiger partial charge in [0.1, 0.15) is 0 Å². The number of carbonyl (C=O) groups is 2. The van der Waals surface area contributed by atoms with Crippen LogP contribution in [0.15, 0.2) is 48.5 Å². The Labute approximate surface area is 161 Å². The first-order valence-corrected chi connectivity index (χ1v) is 9.72. The Hall–Kier alpha value is -2.62. The number of nitrogens with zero attached hydrogens (tertiary/aromatic N) is 1. The minimum atomic E-state index is -0.298. The molecular weight excluding hydrogens is 336 g/mol. The average molecular weight is 364 g/mol. The summed E-state index contributed by atoms with van der Waals surface area (Å²) in [7, 11) is 0. The third-order valence-corrected chi connectivity index (χ3v) is 5.45. The van der Waals surface area contributed by atoms with Gasteiger partial charge in [-0.05, 0) is 36.5 Å². The highest BCUT2D eigenvalue weighted by Crippen LogP contribution is 2.33. The van der Waals surface area contributed by atoms with E-state index in [1.165, 1.54) is 11.1 Å². The van der Waals surface area contributed by atoms with E-state index in [0.717, 1.165) is 17.7 Å². The summed E-state index contributed by atoms with van der Waals surface area (Å²) in [6.07, 6.45) is 1.29. The van der Waals surface area contributed by atoms with Crippen molar-refractivity contribution in [3.8, 4) is 0 Å². The summed E-state index contributed by atoms with van der Waals surface area (Å²) >= 11 is 0. The van der Waals surface area contributed by atoms with E-state index in [9.17, 15) is 9.59 Å². The fourth-order valence-corrected chi connectivity index (χ4v) is 3.53. The molecule has 1 aliphatic rings. The van der Waals surface area contributed by atoms with Gasteiger partial charge in [0.25, 0.3) is 0 Å². The van der Waals surface area contributed by atoms with Gasteiger partial charge in [-0.3, -0.25) is 9.59 Å². The molecule has 4 heteroatoms. The minimum Gasteiger partial charge on any atom is -0.352 e. The van der Waals surface area contributed by atoms with Crippen molar-refractivity contribution in [2.75, 3.05) is 11.4 Å². The molecule has 0 bridgehead atoms. The van der Waals surface area contributed by atoms with E-state index in [-0.39, 0.29) is 24.2 Å². The maximum atomic E-state index is 12.6. The van der Waals surface area contributed by atoms with Crippen molar-refractivity contribution in [1.29, 1.82) is 0 Å².